The Kier molecular flexibility index (Phi) is 4.28. The number of anilines is 1. The van der Waals surface area contributed by atoms with Crippen LogP contribution in [-0.4, -0.2) is 18.9 Å². The Labute approximate surface area is 89.7 Å². The number of hydrogen-bond donors (Lipinski definition) is 0. The Balaban J connectivity index is 2.74. The summed E-state index contributed by atoms with van der Waals surface area (Å²) < 4.78 is 13.4. The normalized spacial score (nSPS) is 10.1. The summed E-state index contributed by atoms with van der Waals surface area (Å²) in [5.74, 6) is -0.104. The first-order valence-electron chi connectivity index (χ1n) is 5.14. The maximum atomic E-state index is 13.4. The summed E-state index contributed by atoms with van der Waals surface area (Å²) in [7, 11) is 0. The van der Waals surface area contributed by atoms with Crippen LogP contribution in [0, 0.1) is 5.82 Å². The molecule has 0 saturated carbocycles. The minimum atomic E-state index is -0.233. The summed E-state index contributed by atoms with van der Waals surface area (Å²) in [5, 5.41) is 0. The van der Waals surface area contributed by atoms with Gasteiger partial charge in [-0.3, -0.25) is 4.79 Å². The summed E-state index contributed by atoms with van der Waals surface area (Å²) in [6, 6.07) is 6.64. The van der Waals surface area contributed by atoms with Gasteiger partial charge in [-0.25, -0.2) is 4.39 Å². The van der Waals surface area contributed by atoms with Gasteiger partial charge in [0, 0.05) is 19.5 Å². The number of carbonyl (C=O) groups is 1. The van der Waals surface area contributed by atoms with Gasteiger partial charge in [0.2, 0.25) is 0 Å². The molecule has 1 aromatic carbocycles. The van der Waals surface area contributed by atoms with Gasteiger partial charge in [0.25, 0.3) is 0 Å². The molecule has 0 aliphatic heterocycles. The van der Waals surface area contributed by atoms with Crippen LogP contribution in [0.3, 0.4) is 0 Å². The third-order valence-corrected chi connectivity index (χ3v) is 2.31. The predicted octanol–water partition coefficient (Wildman–Crippen LogP) is 2.63. The van der Waals surface area contributed by atoms with Crippen molar-refractivity contribution >= 4 is 11.5 Å². The number of hydrogen-bond acceptors (Lipinski definition) is 2. The van der Waals surface area contributed by atoms with E-state index in [0.717, 1.165) is 0 Å². The van der Waals surface area contributed by atoms with E-state index in [0.29, 0.717) is 25.2 Å². The van der Waals surface area contributed by atoms with Crippen molar-refractivity contribution in [2.75, 3.05) is 18.0 Å². The van der Waals surface area contributed by atoms with E-state index in [1.54, 1.807) is 25.1 Å². The maximum Gasteiger partial charge on any atom is 0.146 e. The first kappa shape index (κ1) is 11.7. The first-order valence-corrected chi connectivity index (χ1v) is 5.14. The number of benzene rings is 1. The van der Waals surface area contributed by atoms with Crippen LogP contribution in [0.4, 0.5) is 10.1 Å². The number of rotatable bonds is 5. The molecule has 0 bridgehead atoms. The zero-order valence-corrected chi connectivity index (χ0v) is 9.16. The summed E-state index contributed by atoms with van der Waals surface area (Å²) in [4.78, 5) is 12.7. The van der Waals surface area contributed by atoms with Crippen molar-refractivity contribution in [2.45, 2.75) is 20.3 Å². The number of ketones is 1. The molecule has 15 heavy (non-hydrogen) atoms. The molecule has 0 heterocycles. The van der Waals surface area contributed by atoms with Crippen LogP contribution in [0.15, 0.2) is 24.3 Å². The molecule has 0 saturated heterocycles. The minimum absolute atomic E-state index is 0.129. The van der Waals surface area contributed by atoms with Gasteiger partial charge in [-0.1, -0.05) is 12.1 Å². The van der Waals surface area contributed by atoms with E-state index in [4.69, 9.17) is 0 Å². The van der Waals surface area contributed by atoms with E-state index in [1.807, 2.05) is 11.8 Å². The van der Waals surface area contributed by atoms with Crippen LogP contribution in [0.2, 0.25) is 0 Å². The second-order valence-electron chi connectivity index (χ2n) is 3.48. The molecule has 0 spiro atoms. The lowest BCUT2D eigenvalue weighted by Gasteiger charge is -2.22. The molecule has 3 heteroatoms. The van der Waals surface area contributed by atoms with Crippen molar-refractivity contribution in [1.82, 2.24) is 0 Å². The van der Waals surface area contributed by atoms with Gasteiger partial charge in [0.1, 0.15) is 11.6 Å². The average Bonchev–Trinajstić information content (AvgIpc) is 2.21. The van der Waals surface area contributed by atoms with Crippen molar-refractivity contribution in [3.63, 3.8) is 0 Å². The third-order valence-electron chi connectivity index (χ3n) is 2.31. The fourth-order valence-corrected chi connectivity index (χ4v) is 1.45. The van der Waals surface area contributed by atoms with E-state index in [9.17, 15) is 9.18 Å². The third kappa shape index (κ3) is 3.35. The molecular formula is C12H16FNO. The molecule has 1 rings (SSSR count). The fourth-order valence-electron chi connectivity index (χ4n) is 1.45. The number of para-hydroxylation sites is 1. The van der Waals surface area contributed by atoms with Crippen LogP contribution >= 0.6 is 0 Å². The molecule has 1 aromatic rings. The van der Waals surface area contributed by atoms with Crippen LogP contribution in [0.1, 0.15) is 20.3 Å². The molecule has 0 atom stereocenters. The Bertz CT molecular complexity index is 338. The maximum absolute atomic E-state index is 13.4. The smallest absolute Gasteiger partial charge is 0.146 e. The molecule has 0 aromatic heterocycles. The topological polar surface area (TPSA) is 20.3 Å². The van der Waals surface area contributed by atoms with Crippen LogP contribution in [-0.2, 0) is 4.79 Å². The first-order chi connectivity index (χ1) is 7.15. The lowest BCUT2D eigenvalue weighted by molar-refractivity contribution is -0.116. The summed E-state index contributed by atoms with van der Waals surface area (Å²) in [6.45, 7) is 4.78. The molecule has 0 aliphatic rings. The van der Waals surface area contributed by atoms with Gasteiger partial charge in [-0.05, 0) is 26.0 Å². The van der Waals surface area contributed by atoms with E-state index in [1.165, 1.54) is 6.07 Å². The highest BCUT2D eigenvalue weighted by Crippen LogP contribution is 2.18. The van der Waals surface area contributed by atoms with Gasteiger partial charge >= 0.3 is 0 Å². The van der Waals surface area contributed by atoms with E-state index in [2.05, 4.69) is 0 Å². The molecule has 82 valence electrons. The molecule has 0 radical (unpaired) electrons. The quantitative estimate of drug-likeness (QED) is 0.743. The SMILES string of the molecule is CCN(CCC(C)=O)c1ccccc1F. The molecule has 0 unspecified atom stereocenters. The number of halogens is 1. The monoisotopic (exact) mass is 209 g/mol. The highest BCUT2D eigenvalue weighted by atomic mass is 19.1. The van der Waals surface area contributed by atoms with Gasteiger partial charge in [-0.15, -0.1) is 0 Å². The fraction of sp³-hybridized carbons (Fsp3) is 0.417. The molecule has 2 nitrogen and oxygen atoms in total. The molecule has 0 amide bonds. The highest BCUT2D eigenvalue weighted by Gasteiger charge is 2.09. The standard InChI is InChI=1S/C12H16FNO/c1-3-14(9-8-10(2)15)12-7-5-4-6-11(12)13/h4-7H,3,8-9H2,1-2H3. The van der Waals surface area contributed by atoms with Crippen molar-refractivity contribution in [3.05, 3.63) is 30.1 Å². The van der Waals surface area contributed by atoms with Crippen LogP contribution in [0.5, 0.6) is 0 Å². The second-order valence-corrected chi connectivity index (χ2v) is 3.48. The summed E-state index contributed by atoms with van der Waals surface area (Å²) in [6.07, 6.45) is 0.460. The Morgan fingerprint density at radius 1 is 1.40 bits per heavy atom. The van der Waals surface area contributed by atoms with Gasteiger partial charge in [0.05, 0.1) is 5.69 Å². The van der Waals surface area contributed by atoms with E-state index < -0.39 is 0 Å². The molecule has 0 aliphatic carbocycles. The van der Waals surface area contributed by atoms with Crippen LogP contribution < -0.4 is 4.90 Å². The van der Waals surface area contributed by atoms with Gasteiger partial charge in [0.15, 0.2) is 0 Å². The van der Waals surface area contributed by atoms with Crippen molar-refractivity contribution in [1.29, 1.82) is 0 Å². The van der Waals surface area contributed by atoms with Crippen LogP contribution in [0.25, 0.3) is 0 Å². The Morgan fingerprint density at radius 3 is 2.60 bits per heavy atom. The van der Waals surface area contributed by atoms with Crippen molar-refractivity contribution in [2.24, 2.45) is 0 Å². The number of Topliss-reactive ketones (excluding diaryl/α,β-unsaturated/α-hetero) is 1. The molecule has 0 fully saturated rings. The largest absolute Gasteiger partial charge is 0.369 e. The zero-order valence-electron chi connectivity index (χ0n) is 9.16. The summed E-state index contributed by atoms with van der Waals surface area (Å²) >= 11 is 0. The Morgan fingerprint density at radius 2 is 2.07 bits per heavy atom. The average molecular weight is 209 g/mol. The zero-order chi connectivity index (χ0) is 11.3. The van der Waals surface area contributed by atoms with Gasteiger partial charge in [-0.2, -0.15) is 0 Å². The minimum Gasteiger partial charge on any atom is -0.369 e. The van der Waals surface area contributed by atoms with E-state index in [-0.39, 0.29) is 11.6 Å². The summed E-state index contributed by atoms with van der Waals surface area (Å²) in [5.41, 5.74) is 0.571. The second kappa shape index (κ2) is 5.49. The lowest BCUT2D eigenvalue weighted by Crippen LogP contribution is -2.26. The van der Waals surface area contributed by atoms with E-state index >= 15 is 0 Å². The highest BCUT2D eigenvalue weighted by molar-refractivity contribution is 5.76. The lowest BCUT2D eigenvalue weighted by atomic mass is 10.2. The van der Waals surface area contributed by atoms with Gasteiger partial charge < -0.3 is 4.90 Å². The Hall–Kier alpha value is -1.38. The molecule has 0 N–H and O–H groups in total. The van der Waals surface area contributed by atoms with Crippen molar-refractivity contribution in [3.8, 4) is 0 Å². The predicted molar refractivity (Wildman–Crippen MR) is 59.6 cm³/mol. The number of nitrogens with zero attached hydrogens (tertiary/aromatic N) is 1. The molecular weight excluding hydrogens is 193 g/mol. The van der Waals surface area contributed by atoms with Crippen molar-refractivity contribution < 1.29 is 9.18 Å². The number of carbonyl (C=O) groups excluding carboxylic acids is 1.